The fraction of sp³-hybridized carbons (Fsp3) is 0.474. The summed E-state index contributed by atoms with van der Waals surface area (Å²) in [6.45, 7) is 3.00. The summed E-state index contributed by atoms with van der Waals surface area (Å²) in [5.41, 5.74) is 1.02. The van der Waals surface area contributed by atoms with Crippen molar-refractivity contribution >= 4 is 17.3 Å². The largest absolute Gasteiger partial charge is 0.480 e. The molecule has 0 amide bonds. The van der Waals surface area contributed by atoms with Gasteiger partial charge in [-0.25, -0.2) is 0 Å². The van der Waals surface area contributed by atoms with E-state index in [-0.39, 0.29) is 12.1 Å². The third-order valence-electron chi connectivity index (χ3n) is 4.72. The predicted molar refractivity (Wildman–Crippen MR) is 96.4 cm³/mol. The zero-order valence-electron chi connectivity index (χ0n) is 14.0. The summed E-state index contributed by atoms with van der Waals surface area (Å²) in [6.07, 6.45) is 6.38. The summed E-state index contributed by atoms with van der Waals surface area (Å²) in [6, 6.07) is 9.98. The molecule has 0 spiro atoms. The number of hydrogen-bond acceptors (Lipinski definition) is 4. The summed E-state index contributed by atoms with van der Waals surface area (Å²) >= 11 is 1.81. The molecule has 2 unspecified atom stereocenters. The van der Waals surface area contributed by atoms with Crippen LogP contribution < -0.4 is 0 Å². The minimum Gasteiger partial charge on any atom is -0.480 e. The minimum absolute atomic E-state index is 0.0894. The molecule has 1 aliphatic heterocycles. The molecule has 5 heteroatoms. The normalized spacial score (nSPS) is 20.0. The molecule has 1 saturated heterocycles. The molecule has 0 aliphatic carbocycles. The van der Waals surface area contributed by atoms with Gasteiger partial charge in [-0.2, -0.15) is 0 Å². The van der Waals surface area contributed by atoms with Crippen LogP contribution in [0.5, 0.6) is 0 Å². The van der Waals surface area contributed by atoms with Crippen LogP contribution in [-0.2, 0) is 17.6 Å². The third-order valence-corrected chi connectivity index (χ3v) is 6.05. The van der Waals surface area contributed by atoms with Gasteiger partial charge in [-0.05, 0) is 50.1 Å². The van der Waals surface area contributed by atoms with Gasteiger partial charge in [-0.1, -0.05) is 19.4 Å². The van der Waals surface area contributed by atoms with E-state index >= 15 is 0 Å². The number of hydrogen-bond donors (Lipinski definition) is 1. The average Bonchev–Trinajstić information content (AvgIpc) is 3.09. The molecule has 0 aromatic carbocycles. The molecule has 4 nitrogen and oxygen atoms in total. The lowest BCUT2D eigenvalue weighted by molar-refractivity contribution is -0.145. The Labute approximate surface area is 147 Å². The van der Waals surface area contributed by atoms with Crippen molar-refractivity contribution < 1.29 is 9.90 Å². The lowest BCUT2D eigenvalue weighted by Crippen LogP contribution is -2.47. The Balaban J connectivity index is 1.92. The van der Waals surface area contributed by atoms with Crippen molar-refractivity contribution in [1.29, 1.82) is 0 Å². The lowest BCUT2D eigenvalue weighted by atomic mass is 9.97. The second-order valence-corrected chi connectivity index (χ2v) is 7.49. The number of thiophene rings is 1. The van der Waals surface area contributed by atoms with E-state index in [0.717, 1.165) is 44.3 Å². The first-order valence-corrected chi connectivity index (χ1v) is 9.47. The molecule has 2 aromatic heterocycles. The molecular formula is C19H24N2O2S. The van der Waals surface area contributed by atoms with Gasteiger partial charge < -0.3 is 5.11 Å². The number of carboxylic acids is 1. The number of pyridine rings is 1. The molecule has 0 radical (unpaired) electrons. The zero-order valence-corrected chi connectivity index (χ0v) is 14.8. The maximum absolute atomic E-state index is 11.8. The monoisotopic (exact) mass is 344 g/mol. The molecule has 2 atom stereocenters. The van der Waals surface area contributed by atoms with Crippen molar-refractivity contribution in [2.45, 2.75) is 51.1 Å². The van der Waals surface area contributed by atoms with Crippen LogP contribution in [0.15, 0.2) is 36.5 Å². The standard InChI is InChI=1S/C19H24N2O2S/c1-2-15-9-10-18(24-15)17(13-14-7-3-5-11-20-14)21-12-6-4-8-16(21)19(22)23/h3,5,7,9-11,16-17H,2,4,6,8,12-13H2,1H3,(H,22,23). The molecule has 1 N–H and O–H groups in total. The highest BCUT2D eigenvalue weighted by Crippen LogP contribution is 2.35. The second-order valence-electron chi connectivity index (χ2n) is 6.29. The number of likely N-dealkylation sites (tertiary alicyclic amines) is 1. The fourth-order valence-corrected chi connectivity index (χ4v) is 4.53. The number of aliphatic carboxylic acids is 1. The van der Waals surface area contributed by atoms with Gasteiger partial charge in [-0.15, -0.1) is 11.3 Å². The van der Waals surface area contributed by atoms with E-state index in [2.05, 4.69) is 28.9 Å². The van der Waals surface area contributed by atoms with E-state index < -0.39 is 5.97 Å². The van der Waals surface area contributed by atoms with E-state index in [4.69, 9.17) is 0 Å². The number of carboxylic acid groups (broad SMARTS) is 1. The maximum Gasteiger partial charge on any atom is 0.320 e. The first-order valence-electron chi connectivity index (χ1n) is 8.66. The molecule has 0 saturated carbocycles. The molecule has 2 aromatic rings. The van der Waals surface area contributed by atoms with E-state index in [0.29, 0.717) is 0 Å². The molecule has 3 heterocycles. The van der Waals surface area contributed by atoms with Crippen LogP contribution in [0.25, 0.3) is 0 Å². The Morgan fingerprint density at radius 3 is 2.92 bits per heavy atom. The molecule has 128 valence electrons. The first-order chi connectivity index (χ1) is 11.7. The summed E-state index contributed by atoms with van der Waals surface area (Å²) in [7, 11) is 0. The minimum atomic E-state index is -0.701. The van der Waals surface area contributed by atoms with Crippen molar-refractivity contribution in [2.24, 2.45) is 0 Å². The van der Waals surface area contributed by atoms with Crippen molar-refractivity contribution in [3.05, 3.63) is 52.0 Å². The quantitative estimate of drug-likeness (QED) is 0.863. The number of nitrogens with zero attached hydrogens (tertiary/aromatic N) is 2. The van der Waals surface area contributed by atoms with Crippen LogP contribution in [-0.4, -0.2) is 33.5 Å². The average molecular weight is 344 g/mol. The summed E-state index contributed by atoms with van der Waals surface area (Å²) in [5.74, 6) is -0.701. The fourth-order valence-electron chi connectivity index (χ4n) is 3.45. The molecule has 24 heavy (non-hydrogen) atoms. The van der Waals surface area contributed by atoms with Crippen LogP contribution in [0.3, 0.4) is 0 Å². The second kappa shape index (κ2) is 7.90. The summed E-state index contributed by atoms with van der Waals surface area (Å²) < 4.78 is 0. The van der Waals surface area contributed by atoms with Crippen molar-refractivity contribution in [3.63, 3.8) is 0 Å². The van der Waals surface area contributed by atoms with Crippen molar-refractivity contribution in [2.75, 3.05) is 6.54 Å². The Kier molecular flexibility index (Phi) is 5.63. The van der Waals surface area contributed by atoms with E-state index in [1.54, 1.807) is 11.3 Å². The molecule has 0 bridgehead atoms. The Morgan fingerprint density at radius 2 is 2.25 bits per heavy atom. The van der Waals surface area contributed by atoms with Crippen molar-refractivity contribution in [3.8, 4) is 0 Å². The summed E-state index contributed by atoms with van der Waals surface area (Å²) in [5, 5.41) is 9.67. The van der Waals surface area contributed by atoms with Gasteiger partial charge in [0.2, 0.25) is 0 Å². The van der Waals surface area contributed by atoms with Gasteiger partial charge in [0.05, 0.1) is 6.04 Å². The van der Waals surface area contributed by atoms with Crippen molar-refractivity contribution in [1.82, 2.24) is 9.88 Å². The number of piperidine rings is 1. The van der Waals surface area contributed by atoms with Crippen LogP contribution in [0.1, 0.15) is 47.7 Å². The molecular weight excluding hydrogens is 320 g/mol. The van der Waals surface area contributed by atoms with Crippen LogP contribution in [0.4, 0.5) is 0 Å². The SMILES string of the molecule is CCc1ccc(C(Cc2ccccn2)N2CCCCC2C(=O)O)s1. The summed E-state index contributed by atoms with van der Waals surface area (Å²) in [4.78, 5) is 21.0. The van der Waals surface area contributed by atoms with Gasteiger partial charge in [0.1, 0.15) is 6.04 Å². The van der Waals surface area contributed by atoms with Gasteiger partial charge >= 0.3 is 5.97 Å². The number of rotatable bonds is 6. The van der Waals surface area contributed by atoms with E-state index in [1.165, 1.54) is 9.75 Å². The van der Waals surface area contributed by atoms with E-state index in [9.17, 15) is 9.90 Å². The predicted octanol–water partition coefficient (Wildman–Crippen LogP) is 3.93. The zero-order chi connectivity index (χ0) is 16.9. The molecule has 1 fully saturated rings. The van der Waals surface area contributed by atoms with E-state index in [1.807, 2.05) is 24.4 Å². The highest BCUT2D eigenvalue weighted by Gasteiger charge is 2.35. The Bertz CT molecular complexity index is 671. The van der Waals surface area contributed by atoms with Gasteiger partial charge in [0.15, 0.2) is 0 Å². The third kappa shape index (κ3) is 3.84. The van der Waals surface area contributed by atoms with Gasteiger partial charge in [-0.3, -0.25) is 14.7 Å². The highest BCUT2D eigenvalue weighted by atomic mass is 32.1. The Morgan fingerprint density at radius 1 is 1.38 bits per heavy atom. The molecule has 1 aliphatic rings. The number of aromatic nitrogens is 1. The number of carbonyl (C=O) groups is 1. The smallest absolute Gasteiger partial charge is 0.320 e. The topological polar surface area (TPSA) is 53.4 Å². The van der Waals surface area contributed by atoms with Gasteiger partial charge in [0, 0.05) is 28.1 Å². The highest BCUT2D eigenvalue weighted by molar-refractivity contribution is 7.12. The Hall–Kier alpha value is -1.72. The van der Waals surface area contributed by atoms with Crippen LogP contribution in [0.2, 0.25) is 0 Å². The van der Waals surface area contributed by atoms with Crippen LogP contribution in [0, 0.1) is 0 Å². The van der Waals surface area contributed by atoms with Crippen LogP contribution >= 0.6 is 11.3 Å². The number of aryl methyl sites for hydroxylation is 1. The van der Waals surface area contributed by atoms with Gasteiger partial charge in [0.25, 0.3) is 0 Å². The lowest BCUT2D eigenvalue weighted by Gasteiger charge is -2.38. The first kappa shape index (κ1) is 17.1. The molecule has 3 rings (SSSR count). The maximum atomic E-state index is 11.8.